The van der Waals surface area contributed by atoms with Gasteiger partial charge in [-0.3, -0.25) is 19.4 Å². The lowest BCUT2D eigenvalue weighted by atomic mass is 10.1. The summed E-state index contributed by atoms with van der Waals surface area (Å²) in [4.78, 5) is 30.2. The predicted molar refractivity (Wildman–Crippen MR) is 86.7 cm³/mol. The standard InChI is InChI=1S/C14H19N7O2/c1-8-9(7-16-19-8)5-4-6-15-13-17-11-10(20(13)2)12(22)18-14(23)21(11)3/h7H,4-6H2,1-3H3,(H,15,17)(H,16,19)(H,18,22,23). The van der Waals surface area contributed by atoms with Gasteiger partial charge in [-0.2, -0.15) is 10.1 Å². The lowest BCUT2D eigenvalue weighted by Crippen LogP contribution is -2.29. The number of aromatic amines is 2. The Kier molecular flexibility index (Phi) is 3.77. The predicted octanol–water partition coefficient (Wildman–Crippen LogP) is 0.0365. The second-order valence-corrected chi connectivity index (χ2v) is 5.54. The van der Waals surface area contributed by atoms with Gasteiger partial charge in [0.05, 0.1) is 6.20 Å². The molecule has 0 aliphatic heterocycles. The van der Waals surface area contributed by atoms with Crippen molar-refractivity contribution < 1.29 is 0 Å². The molecule has 0 unspecified atom stereocenters. The molecule has 0 saturated heterocycles. The van der Waals surface area contributed by atoms with Crippen LogP contribution in [0.2, 0.25) is 0 Å². The third kappa shape index (κ3) is 2.65. The molecule has 3 rings (SSSR count). The van der Waals surface area contributed by atoms with E-state index in [1.807, 2.05) is 13.1 Å². The number of rotatable bonds is 5. The molecular formula is C14H19N7O2. The zero-order valence-electron chi connectivity index (χ0n) is 13.3. The van der Waals surface area contributed by atoms with Crippen molar-refractivity contribution >= 4 is 17.1 Å². The largest absolute Gasteiger partial charge is 0.356 e. The van der Waals surface area contributed by atoms with Crippen LogP contribution < -0.4 is 16.6 Å². The molecule has 9 nitrogen and oxygen atoms in total. The van der Waals surface area contributed by atoms with Gasteiger partial charge in [0.2, 0.25) is 5.95 Å². The minimum absolute atomic E-state index is 0.370. The molecule has 0 bridgehead atoms. The Hall–Kier alpha value is -2.84. The number of nitrogens with zero attached hydrogens (tertiary/aromatic N) is 4. The van der Waals surface area contributed by atoms with E-state index in [0.717, 1.165) is 18.5 Å². The molecular weight excluding hydrogens is 298 g/mol. The summed E-state index contributed by atoms with van der Waals surface area (Å²) in [6.07, 6.45) is 3.64. The van der Waals surface area contributed by atoms with Gasteiger partial charge in [0.1, 0.15) is 0 Å². The van der Waals surface area contributed by atoms with Crippen LogP contribution in [0.4, 0.5) is 5.95 Å². The number of hydrogen-bond acceptors (Lipinski definition) is 5. The molecule has 0 amide bonds. The van der Waals surface area contributed by atoms with Gasteiger partial charge in [-0.1, -0.05) is 0 Å². The normalized spacial score (nSPS) is 11.3. The van der Waals surface area contributed by atoms with Crippen molar-refractivity contribution in [3.63, 3.8) is 0 Å². The maximum Gasteiger partial charge on any atom is 0.329 e. The first-order valence-corrected chi connectivity index (χ1v) is 7.37. The van der Waals surface area contributed by atoms with Crippen LogP contribution >= 0.6 is 0 Å². The van der Waals surface area contributed by atoms with E-state index in [4.69, 9.17) is 0 Å². The molecule has 9 heteroatoms. The lowest BCUT2D eigenvalue weighted by Gasteiger charge is -2.05. The molecule has 0 aromatic carbocycles. The van der Waals surface area contributed by atoms with Crippen LogP contribution in [0.1, 0.15) is 17.7 Å². The minimum Gasteiger partial charge on any atom is -0.356 e. The molecule has 3 aromatic rings. The van der Waals surface area contributed by atoms with E-state index in [1.165, 1.54) is 10.1 Å². The van der Waals surface area contributed by atoms with Crippen LogP contribution in [0.25, 0.3) is 11.2 Å². The van der Waals surface area contributed by atoms with Gasteiger partial charge < -0.3 is 9.88 Å². The second-order valence-electron chi connectivity index (χ2n) is 5.54. The summed E-state index contributed by atoms with van der Waals surface area (Å²) < 4.78 is 2.99. The van der Waals surface area contributed by atoms with E-state index in [9.17, 15) is 9.59 Å². The molecule has 3 aromatic heterocycles. The number of imidazole rings is 1. The Bertz CT molecular complexity index is 960. The zero-order valence-corrected chi connectivity index (χ0v) is 13.3. The molecule has 0 aliphatic rings. The number of aromatic nitrogens is 6. The minimum atomic E-state index is -0.470. The molecule has 23 heavy (non-hydrogen) atoms. The number of H-pyrrole nitrogens is 2. The van der Waals surface area contributed by atoms with E-state index in [1.54, 1.807) is 18.7 Å². The molecule has 3 heterocycles. The Morgan fingerprint density at radius 1 is 1.26 bits per heavy atom. The van der Waals surface area contributed by atoms with Crippen LogP contribution in [0.3, 0.4) is 0 Å². The Morgan fingerprint density at radius 3 is 2.74 bits per heavy atom. The van der Waals surface area contributed by atoms with Gasteiger partial charge in [-0.05, 0) is 25.3 Å². The van der Waals surface area contributed by atoms with Crippen molar-refractivity contribution in [2.45, 2.75) is 19.8 Å². The monoisotopic (exact) mass is 317 g/mol. The highest BCUT2D eigenvalue weighted by atomic mass is 16.2. The van der Waals surface area contributed by atoms with Crippen molar-refractivity contribution in [3.05, 3.63) is 38.3 Å². The van der Waals surface area contributed by atoms with E-state index in [-0.39, 0.29) is 0 Å². The van der Waals surface area contributed by atoms with Crippen LogP contribution in [0, 0.1) is 6.92 Å². The fourth-order valence-corrected chi connectivity index (χ4v) is 2.57. The topological polar surface area (TPSA) is 113 Å². The smallest absolute Gasteiger partial charge is 0.329 e. The van der Waals surface area contributed by atoms with Gasteiger partial charge in [-0.25, -0.2) is 4.79 Å². The third-order valence-electron chi connectivity index (χ3n) is 3.97. The summed E-state index contributed by atoms with van der Waals surface area (Å²) >= 11 is 0. The number of fused-ring (bicyclic) bond motifs is 1. The van der Waals surface area contributed by atoms with Crippen molar-refractivity contribution in [1.29, 1.82) is 0 Å². The first kappa shape index (κ1) is 15.1. The highest BCUT2D eigenvalue weighted by molar-refractivity contribution is 5.73. The zero-order chi connectivity index (χ0) is 16.6. The van der Waals surface area contributed by atoms with E-state index in [2.05, 4.69) is 25.5 Å². The fourth-order valence-electron chi connectivity index (χ4n) is 2.57. The van der Waals surface area contributed by atoms with Crippen molar-refractivity contribution in [3.8, 4) is 0 Å². The van der Waals surface area contributed by atoms with Crippen LogP contribution in [0.15, 0.2) is 15.8 Å². The average Bonchev–Trinajstić information content (AvgIpc) is 3.06. The highest BCUT2D eigenvalue weighted by Gasteiger charge is 2.14. The fraction of sp³-hybridized carbons (Fsp3) is 0.429. The molecule has 0 atom stereocenters. The number of hydrogen-bond donors (Lipinski definition) is 3. The SMILES string of the molecule is Cc1[nH]ncc1CCCNc1nc2c(c(=O)[nH]c(=O)n2C)n1C. The summed E-state index contributed by atoms with van der Waals surface area (Å²) in [5, 5.41) is 10.1. The summed E-state index contributed by atoms with van der Waals surface area (Å²) in [6.45, 7) is 2.70. The maximum absolute atomic E-state index is 11.9. The Balaban J connectivity index is 1.76. The summed E-state index contributed by atoms with van der Waals surface area (Å²) in [7, 11) is 3.33. The molecule has 0 saturated carbocycles. The van der Waals surface area contributed by atoms with Gasteiger partial charge in [0.15, 0.2) is 11.2 Å². The lowest BCUT2D eigenvalue weighted by molar-refractivity contribution is 0.829. The first-order chi connectivity index (χ1) is 11.0. The maximum atomic E-state index is 11.9. The van der Waals surface area contributed by atoms with Gasteiger partial charge >= 0.3 is 5.69 Å². The van der Waals surface area contributed by atoms with Crippen LogP contribution in [0.5, 0.6) is 0 Å². The van der Waals surface area contributed by atoms with E-state index < -0.39 is 11.2 Å². The summed E-state index contributed by atoms with van der Waals surface area (Å²) in [5.41, 5.74) is 2.11. The van der Waals surface area contributed by atoms with Crippen molar-refractivity contribution in [2.75, 3.05) is 11.9 Å². The van der Waals surface area contributed by atoms with Crippen LogP contribution in [-0.2, 0) is 20.5 Å². The molecule has 0 radical (unpaired) electrons. The van der Waals surface area contributed by atoms with Gasteiger partial charge in [0, 0.05) is 26.3 Å². The quantitative estimate of drug-likeness (QED) is 0.575. The number of anilines is 1. The van der Waals surface area contributed by atoms with E-state index >= 15 is 0 Å². The van der Waals surface area contributed by atoms with E-state index in [0.29, 0.717) is 23.7 Å². The number of nitrogens with one attached hydrogen (secondary N) is 3. The molecule has 0 aliphatic carbocycles. The van der Waals surface area contributed by atoms with Gasteiger partial charge in [-0.15, -0.1) is 0 Å². The summed E-state index contributed by atoms with van der Waals surface area (Å²) in [6, 6.07) is 0. The Labute approximate surface area is 131 Å². The second kappa shape index (κ2) is 5.75. The Morgan fingerprint density at radius 2 is 2.04 bits per heavy atom. The average molecular weight is 317 g/mol. The van der Waals surface area contributed by atoms with Crippen LogP contribution in [-0.4, -0.2) is 35.8 Å². The molecule has 3 N–H and O–H groups in total. The summed E-state index contributed by atoms with van der Waals surface area (Å²) in [5.74, 6) is 0.565. The first-order valence-electron chi connectivity index (χ1n) is 7.37. The van der Waals surface area contributed by atoms with Gasteiger partial charge in [0.25, 0.3) is 5.56 Å². The number of aryl methyl sites for hydroxylation is 4. The third-order valence-corrected chi connectivity index (χ3v) is 3.97. The molecule has 0 fully saturated rings. The molecule has 122 valence electrons. The van der Waals surface area contributed by atoms with Crippen molar-refractivity contribution in [1.82, 2.24) is 29.3 Å². The molecule has 0 spiro atoms. The highest BCUT2D eigenvalue weighted by Crippen LogP contribution is 2.13. The van der Waals surface area contributed by atoms with Crippen molar-refractivity contribution in [2.24, 2.45) is 14.1 Å².